The molecular weight excluding hydrogens is 154 g/mol. The van der Waals surface area contributed by atoms with Crippen LogP contribution in [0, 0.1) is 6.92 Å². The standard InChI is InChI=1S/C9H13NO2/c1-7-3-4-11-8(7)12-9(2)5-10-6-9/h3-4,10H,5-6H2,1-2H3. The van der Waals surface area contributed by atoms with Crippen molar-refractivity contribution >= 4 is 0 Å². The molecule has 0 atom stereocenters. The molecule has 1 aliphatic rings. The first-order chi connectivity index (χ1) is 5.70. The topological polar surface area (TPSA) is 34.4 Å². The van der Waals surface area contributed by atoms with Gasteiger partial charge in [-0.15, -0.1) is 0 Å². The second kappa shape index (κ2) is 2.52. The molecule has 0 spiro atoms. The van der Waals surface area contributed by atoms with Crippen LogP contribution in [-0.4, -0.2) is 18.7 Å². The Labute approximate surface area is 71.7 Å². The van der Waals surface area contributed by atoms with Gasteiger partial charge in [-0.05, 0) is 19.9 Å². The van der Waals surface area contributed by atoms with E-state index < -0.39 is 0 Å². The number of furan rings is 1. The van der Waals surface area contributed by atoms with E-state index in [1.165, 1.54) is 0 Å². The van der Waals surface area contributed by atoms with E-state index in [4.69, 9.17) is 9.15 Å². The highest BCUT2D eigenvalue weighted by atomic mass is 16.6. The quantitative estimate of drug-likeness (QED) is 0.721. The van der Waals surface area contributed by atoms with Gasteiger partial charge in [-0.1, -0.05) is 0 Å². The Kier molecular flexibility index (Phi) is 1.61. The minimum atomic E-state index is -0.0669. The minimum Gasteiger partial charge on any atom is -0.456 e. The van der Waals surface area contributed by atoms with E-state index in [0.29, 0.717) is 5.95 Å². The lowest BCUT2D eigenvalue weighted by Crippen LogP contribution is -2.61. The van der Waals surface area contributed by atoms with Crippen molar-refractivity contribution in [2.24, 2.45) is 0 Å². The van der Waals surface area contributed by atoms with Gasteiger partial charge >= 0.3 is 0 Å². The maximum absolute atomic E-state index is 5.68. The Morgan fingerprint density at radius 2 is 2.33 bits per heavy atom. The van der Waals surface area contributed by atoms with E-state index >= 15 is 0 Å². The highest BCUT2D eigenvalue weighted by Gasteiger charge is 2.35. The monoisotopic (exact) mass is 167 g/mol. The first-order valence-electron chi connectivity index (χ1n) is 4.13. The Morgan fingerprint density at radius 1 is 1.58 bits per heavy atom. The zero-order valence-electron chi connectivity index (χ0n) is 7.39. The van der Waals surface area contributed by atoms with E-state index in [-0.39, 0.29) is 5.60 Å². The molecule has 12 heavy (non-hydrogen) atoms. The van der Waals surface area contributed by atoms with E-state index in [1.807, 2.05) is 13.0 Å². The van der Waals surface area contributed by atoms with Gasteiger partial charge in [0.25, 0.3) is 5.95 Å². The molecule has 3 heteroatoms. The highest BCUT2D eigenvalue weighted by molar-refractivity contribution is 5.21. The third-order valence-electron chi connectivity index (χ3n) is 2.15. The summed E-state index contributed by atoms with van der Waals surface area (Å²) in [4.78, 5) is 0. The van der Waals surface area contributed by atoms with Crippen molar-refractivity contribution in [1.82, 2.24) is 5.32 Å². The molecule has 2 rings (SSSR count). The third-order valence-corrected chi connectivity index (χ3v) is 2.15. The van der Waals surface area contributed by atoms with Crippen LogP contribution < -0.4 is 10.1 Å². The zero-order chi connectivity index (χ0) is 8.60. The Bertz CT molecular complexity index is 276. The molecule has 0 unspecified atom stereocenters. The predicted molar refractivity (Wildman–Crippen MR) is 45.3 cm³/mol. The van der Waals surface area contributed by atoms with Gasteiger partial charge in [-0.2, -0.15) is 0 Å². The van der Waals surface area contributed by atoms with E-state index in [9.17, 15) is 0 Å². The summed E-state index contributed by atoms with van der Waals surface area (Å²) in [5, 5.41) is 3.17. The van der Waals surface area contributed by atoms with Crippen molar-refractivity contribution in [3.05, 3.63) is 17.9 Å². The summed E-state index contributed by atoms with van der Waals surface area (Å²) in [6.07, 6.45) is 1.65. The van der Waals surface area contributed by atoms with Crippen LogP contribution in [0.15, 0.2) is 16.7 Å². The van der Waals surface area contributed by atoms with Gasteiger partial charge in [0.1, 0.15) is 5.60 Å². The average Bonchev–Trinajstić information content (AvgIpc) is 2.34. The molecule has 3 nitrogen and oxygen atoms in total. The molecule has 0 radical (unpaired) electrons. The summed E-state index contributed by atoms with van der Waals surface area (Å²) in [6.45, 7) is 5.85. The Hall–Kier alpha value is -0.960. The largest absolute Gasteiger partial charge is 0.456 e. The molecule has 1 aromatic rings. The van der Waals surface area contributed by atoms with Crippen molar-refractivity contribution in [1.29, 1.82) is 0 Å². The fraction of sp³-hybridized carbons (Fsp3) is 0.556. The number of rotatable bonds is 2. The van der Waals surface area contributed by atoms with Gasteiger partial charge in [0, 0.05) is 18.7 Å². The lowest BCUT2D eigenvalue weighted by molar-refractivity contribution is 0.0125. The number of nitrogens with one attached hydrogen (secondary N) is 1. The SMILES string of the molecule is Cc1ccoc1OC1(C)CNC1. The summed E-state index contributed by atoms with van der Waals surface area (Å²) in [7, 11) is 0. The fourth-order valence-corrected chi connectivity index (χ4v) is 1.24. The maximum atomic E-state index is 5.68. The third kappa shape index (κ3) is 1.20. The number of ether oxygens (including phenoxy) is 1. The van der Waals surface area contributed by atoms with Crippen molar-refractivity contribution in [3.8, 4) is 5.95 Å². The van der Waals surface area contributed by atoms with Crippen LogP contribution in [0.1, 0.15) is 12.5 Å². The minimum absolute atomic E-state index is 0.0669. The molecule has 1 aromatic heterocycles. The van der Waals surface area contributed by atoms with Crippen LogP contribution in [0.5, 0.6) is 5.95 Å². The van der Waals surface area contributed by atoms with E-state index in [1.54, 1.807) is 6.26 Å². The molecule has 66 valence electrons. The van der Waals surface area contributed by atoms with Gasteiger partial charge in [-0.3, -0.25) is 0 Å². The van der Waals surface area contributed by atoms with Gasteiger partial charge in [0.05, 0.1) is 6.26 Å². The summed E-state index contributed by atoms with van der Waals surface area (Å²) in [5.41, 5.74) is 0.992. The first-order valence-corrected chi connectivity index (χ1v) is 4.13. The number of hydrogen-bond donors (Lipinski definition) is 1. The van der Waals surface area contributed by atoms with Crippen molar-refractivity contribution in [2.75, 3.05) is 13.1 Å². The second-order valence-corrected chi connectivity index (χ2v) is 3.55. The lowest BCUT2D eigenvalue weighted by atomic mass is 10.0. The summed E-state index contributed by atoms with van der Waals surface area (Å²) < 4.78 is 10.9. The molecule has 0 amide bonds. The molecule has 1 aliphatic heterocycles. The molecule has 0 aliphatic carbocycles. The normalized spacial score (nSPS) is 20.2. The van der Waals surface area contributed by atoms with Crippen LogP contribution in [-0.2, 0) is 0 Å². The smallest absolute Gasteiger partial charge is 0.287 e. The number of aryl methyl sites for hydroxylation is 1. The fourth-order valence-electron chi connectivity index (χ4n) is 1.24. The van der Waals surface area contributed by atoms with Gasteiger partial charge in [0.15, 0.2) is 0 Å². The van der Waals surface area contributed by atoms with Crippen LogP contribution in [0.3, 0.4) is 0 Å². The molecular formula is C9H13NO2. The van der Waals surface area contributed by atoms with Gasteiger partial charge < -0.3 is 14.5 Å². The number of hydrogen-bond acceptors (Lipinski definition) is 3. The van der Waals surface area contributed by atoms with Crippen molar-refractivity contribution < 1.29 is 9.15 Å². The maximum Gasteiger partial charge on any atom is 0.287 e. The van der Waals surface area contributed by atoms with Crippen LogP contribution in [0.4, 0.5) is 0 Å². The average molecular weight is 167 g/mol. The zero-order valence-corrected chi connectivity index (χ0v) is 7.39. The van der Waals surface area contributed by atoms with Gasteiger partial charge in [0.2, 0.25) is 0 Å². The molecule has 0 aromatic carbocycles. The summed E-state index contributed by atoms with van der Waals surface area (Å²) in [5.74, 6) is 0.652. The Balaban J connectivity index is 2.08. The predicted octanol–water partition coefficient (Wildman–Crippen LogP) is 1.33. The molecule has 0 saturated carbocycles. The summed E-state index contributed by atoms with van der Waals surface area (Å²) in [6, 6.07) is 1.91. The van der Waals surface area contributed by atoms with Crippen LogP contribution >= 0.6 is 0 Å². The van der Waals surface area contributed by atoms with E-state index in [2.05, 4.69) is 12.2 Å². The molecule has 0 bridgehead atoms. The highest BCUT2D eigenvalue weighted by Crippen LogP contribution is 2.25. The van der Waals surface area contributed by atoms with Gasteiger partial charge in [-0.25, -0.2) is 0 Å². The molecule has 1 saturated heterocycles. The summed E-state index contributed by atoms with van der Waals surface area (Å²) >= 11 is 0. The first kappa shape index (κ1) is 7.68. The van der Waals surface area contributed by atoms with E-state index in [0.717, 1.165) is 18.7 Å². The van der Waals surface area contributed by atoms with Crippen LogP contribution in [0.25, 0.3) is 0 Å². The lowest BCUT2D eigenvalue weighted by Gasteiger charge is -2.38. The van der Waals surface area contributed by atoms with Crippen molar-refractivity contribution in [2.45, 2.75) is 19.4 Å². The van der Waals surface area contributed by atoms with Crippen LogP contribution in [0.2, 0.25) is 0 Å². The molecule has 2 heterocycles. The molecule has 1 fully saturated rings. The molecule has 1 N–H and O–H groups in total. The van der Waals surface area contributed by atoms with Crippen molar-refractivity contribution in [3.63, 3.8) is 0 Å². The second-order valence-electron chi connectivity index (χ2n) is 3.55. The Morgan fingerprint density at radius 3 is 2.75 bits per heavy atom.